The number of nitrogens with one attached hydrogen (secondary N) is 1. The van der Waals surface area contributed by atoms with Crippen molar-refractivity contribution in [3.63, 3.8) is 0 Å². The lowest BCUT2D eigenvalue weighted by atomic mass is 9.99. The van der Waals surface area contributed by atoms with Crippen molar-refractivity contribution < 1.29 is 4.74 Å². The summed E-state index contributed by atoms with van der Waals surface area (Å²) in [5.41, 5.74) is 2.58. The van der Waals surface area contributed by atoms with Crippen LogP contribution in [-0.2, 0) is 6.42 Å². The van der Waals surface area contributed by atoms with Gasteiger partial charge in [-0.1, -0.05) is 47.1 Å². The van der Waals surface area contributed by atoms with Crippen LogP contribution in [0.5, 0.6) is 5.75 Å². The second-order valence-electron chi connectivity index (χ2n) is 5.09. The Morgan fingerprint density at radius 3 is 2.57 bits per heavy atom. The molecule has 0 fully saturated rings. The van der Waals surface area contributed by atoms with Gasteiger partial charge in [0.1, 0.15) is 5.75 Å². The first-order valence-corrected chi connectivity index (χ1v) is 8.16. The van der Waals surface area contributed by atoms with Crippen molar-refractivity contribution in [1.29, 1.82) is 0 Å². The molecule has 0 amide bonds. The molecule has 1 unspecified atom stereocenters. The summed E-state index contributed by atoms with van der Waals surface area (Å²) in [6.45, 7) is 2.88. The van der Waals surface area contributed by atoms with Gasteiger partial charge >= 0.3 is 0 Å². The van der Waals surface area contributed by atoms with E-state index in [0.29, 0.717) is 0 Å². The normalized spacial score (nSPS) is 12.1. The number of benzene rings is 2. The molecule has 3 heteroatoms. The van der Waals surface area contributed by atoms with E-state index in [-0.39, 0.29) is 6.04 Å². The van der Waals surface area contributed by atoms with Crippen molar-refractivity contribution >= 4 is 15.9 Å². The van der Waals surface area contributed by atoms with Gasteiger partial charge in [-0.05, 0) is 55.3 Å². The largest absolute Gasteiger partial charge is 0.494 e. The van der Waals surface area contributed by atoms with E-state index in [1.165, 1.54) is 11.1 Å². The quantitative estimate of drug-likeness (QED) is 0.780. The van der Waals surface area contributed by atoms with Gasteiger partial charge in [0.05, 0.1) is 6.61 Å². The van der Waals surface area contributed by atoms with Gasteiger partial charge in [0.25, 0.3) is 0 Å². The van der Waals surface area contributed by atoms with Crippen LogP contribution in [0.25, 0.3) is 0 Å². The third kappa shape index (κ3) is 4.87. The summed E-state index contributed by atoms with van der Waals surface area (Å²) < 4.78 is 6.84. The molecular weight excluding hydrogens is 326 g/mol. The Morgan fingerprint density at radius 1 is 1.14 bits per heavy atom. The highest BCUT2D eigenvalue weighted by Gasteiger charge is 2.11. The van der Waals surface area contributed by atoms with Gasteiger partial charge in [-0.25, -0.2) is 0 Å². The van der Waals surface area contributed by atoms with Gasteiger partial charge in [0, 0.05) is 10.5 Å². The van der Waals surface area contributed by atoms with Crippen molar-refractivity contribution in [2.24, 2.45) is 0 Å². The molecule has 112 valence electrons. The van der Waals surface area contributed by atoms with E-state index in [4.69, 9.17) is 4.74 Å². The van der Waals surface area contributed by atoms with Crippen molar-refractivity contribution in [2.75, 3.05) is 13.7 Å². The zero-order chi connectivity index (χ0) is 15.1. The van der Waals surface area contributed by atoms with Gasteiger partial charge in [-0.2, -0.15) is 0 Å². The molecular formula is C18H22BrNO. The lowest BCUT2D eigenvalue weighted by Gasteiger charge is -2.18. The average molecular weight is 348 g/mol. The fraction of sp³-hybridized carbons (Fsp3) is 0.333. The van der Waals surface area contributed by atoms with Crippen LogP contribution in [0.1, 0.15) is 30.5 Å². The van der Waals surface area contributed by atoms with Crippen LogP contribution in [0.3, 0.4) is 0 Å². The summed E-state index contributed by atoms with van der Waals surface area (Å²) in [6.07, 6.45) is 1.99. The second kappa shape index (κ2) is 8.20. The molecule has 0 radical (unpaired) electrons. The molecule has 2 aromatic carbocycles. The number of halogens is 1. The smallest absolute Gasteiger partial charge is 0.119 e. The number of hydrogen-bond donors (Lipinski definition) is 1. The second-order valence-corrected chi connectivity index (χ2v) is 6.01. The Balaban J connectivity index is 2.11. The molecule has 21 heavy (non-hydrogen) atoms. The summed E-state index contributed by atoms with van der Waals surface area (Å²) >= 11 is 3.48. The minimum Gasteiger partial charge on any atom is -0.494 e. The average Bonchev–Trinajstić information content (AvgIpc) is 2.52. The number of rotatable bonds is 7. The van der Waals surface area contributed by atoms with Crippen LogP contribution in [0.15, 0.2) is 53.0 Å². The van der Waals surface area contributed by atoms with E-state index in [9.17, 15) is 0 Å². The fourth-order valence-corrected chi connectivity index (χ4v) is 2.55. The Hall–Kier alpha value is -1.32. The number of hydrogen-bond acceptors (Lipinski definition) is 2. The molecule has 1 atom stereocenters. The van der Waals surface area contributed by atoms with E-state index < -0.39 is 0 Å². The van der Waals surface area contributed by atoms with Crippen molar-refractivity contribution in [3.8, 4) is 5.75 Å². The van der Waals surface area contributed by atoms with Gasteiger partial charge in [0.15, 0.2) is 0 Å². The van der Waals surface area contributed by atoms with Crippen molar-refractivity contribution in [2.45, 2.75) is 25.8 Å². The Labute approximate surface area is 135 Å². The first kappa shape index (κ1) is 16.1. The highest BCUT2D eigenvalue weighted by molar-refractivity contribution is 9.10. The van der Waals surface area contributed by atoms with Gasteiger partial charge in [-0.15, -0.1) is 0 Å². The van der Waals surface area contributed by atoms with Gasteiger partial charge in [0.2, 0.25) is 0 Å². The minimum atomic E-state index is 0.288. The molecule has 2 nitrogen and oxygen atoms in total. The fourth-order valence-electron chi connectivity index (χ4n) is 2.28. The van der Waals surface area contributed by atoms with E-state index >= 15 is 0 Å². The van der Waals surface area contributed by atoms with E-state index in [1.807, 2.05) is 13.1 Å². The Morgan fingerprint density at radius 2 is 1.90 bits per heavy atom. The van der Waals surface area contributed by atoms with Crippen molar-refractivity contribution in [1.82, 2.24) is 5.32 Å². The predicted octanol–water partition coefficient (Wildman–Crippen LogP) is 4.74. The summed E-state index contributed by atoms with van der Waals surface area (Å²) in [6, 6.07) is 17.1. The maximum Gasteiger partial charge on any atom is 0.119 e. The lowest BCUT2D eigenvalue weighted by Crippen LogP contribution is -2.18. The Bertz CT molecular complexity index is 553. The molecule has 0 saturated heterocycles. The first-order valence-electron chi connectivity index (χ1n) is 7.37. The molecule has 0 aliphatic heterocycles. The topological polar surface area (TPSA) is 21.3 Å². The lowest BCUT2D eigenvalue weighted by molar-refractivity contribution is 0.317. The molecule has 0 aliphatic rings. The van der Waals surface area contributed by atoms with Gasteiger partial charge < -0.3 is 10.1 Å². The summed E-state index contributed by atoms with van der Waals surface area (Å²) in [7, 11) is 2.00. The predicted molar refractivity (Wildman–Crippen MR) is 91.9 cm³/mol. The third-order valence-corrected chi connectivity index (χ3v) is 3.96. The van der Waals surface area contributed by atoms with Crippen LogP contribution < -0.4 is 10.1 Å². The maximum atomic E-state index is 5.72. The first-order chi connectivity index (χ1) is 10.2. The van der Waals surface area contributed by atoms with Crippen LogP contribution in [0, 0.1) is 0 Å². The van der Waals surface area contributed by atoms with Crippen LogP contribution in [0.2, 0.25) is 0 Å². The summed E-state index contributed by atoms with van der Waals surface area (Å²) in [4.78, 5) is 0. The zero-order valence-corrected chi connectivity index (χ0v) is 14.2. The van der Waals surface area contributed by atoms with E-state index in [0.717, 1.165) is 29.7 Å². The SMILES string of the molecule is CCCOc1cccc(C(Cc2ccc(Br)cc2)NC)c1. The molecule has 0 spiro atoms. The molecule has 1 N–H and O–H groups in total. The van der Waals surface area contributed by atoms with Crippen LogP contribution in [0.4, 0.5) is 0 Å². The van der Waals surface area contributed by atoms with Crippen LogP contribution >= 0.6 is 15.9 Å². The maximum absolute atomic E-state index is 5.72. The zero-order valence-electron chi connectivity index (χ0n) is 12.6. The van der Waals surface area contributed by atoms with E-state index in [1.54, 1.807) is 0 Å². The third-order valence-electron chi connectivity index (χ3n) is 3.43. The number of likely N-dealkylation sites (N-methyl/N-ethyl adjacent to an activating group) is 1. The number of ether oxygens (including phenoxy) is 1. The molecule has 2 rings (SSSR count). The highest BCUT2D eigenvalue weighted by Crippen LogP contribution is 2.23. The highest BCUT2D eigenvalue weighted by atomic mass is 79.9. The summed E-state index contributed by atoms with van der Waals surface area (Å²) in [5.74, 6) is 0.949. The minimum absolute atomic E-state index is 0.288. The molecule has 0 bridgehead atoms. The molecule has 2 aromatic rings. The molecule has 0 aliphatic carbocycles. The van der Waals surface area contributed by atoms with E-state index in [2.05, 4.69) is 70.6 Å². The molecule has 0 aromatic heterocycles. The molecule has 0 saturated carbocycles. The molecule has 0 heterocycles. The Kier molecular flexibility index (Phi) is 6.27. The summed E-state index contributed by atoms with van der Waals surface area (Å²) in [5, 5.41) is 3.40. The standard InChI is InChI=1S/C18H22BrNO/c1-3-11-21-17-6-4-5-15(13-17)18(20-2)12-14-7-9-16(19)10-8-14/h4-10,13,18,20H,3,11-12H2,1-2H3. The van der Waals surface area contributed by atoms with Crippen molar-refractivity contribution in [3.05, 3.63) is 64.1 Å². The van der Waals surface area contributed by atoms with Gasteiger partial charge in [-0.3, -0.25) is 0 Å². The monoisotopic (exact) mass is 347 g/mol. The van der Waals surface area contributed by atoms with Crippen LogP contribution in [-0.4, -0.2) is 13.7 Å².